The molecule has 0 amide bonds. The zero-order valence-electron chi connectivity index (χ0n) is 8.45. The number of halogens is 1. The Bertz CT molecular complexity index is 351. The van der Waals surface area contributed by atoms with E-state index in [1.165, 1.54) is 14.0 Å². The number of benzene rings is 1. The highest BCUT2D eigenvalue weighted by molar-refractivity contribution is 6.17. The van der Waals surface area contributed by atoms with Crippen molar-refractivity contribution in [1.82, 2.24) is 0 Å². The minimum absolute atomic E-state index is 0.264. The molecule has 5 heteroatoms. The van der Waals surface area contributed by atoms with Gasteiger partial charge in [0.2, 0.25) is 0 Å². The minimum atomic E-state index is -0.529. The number of hydrogen-bond acceptors (Lipinski definition) is 4. The van der Waals surface area contributed by atoms with Gasteiger partial charge in [-0.2, -0.15) is 0 Å². The Kier molecular flexibility index (Phi) is 4.24. The molecule has 1 aromatic rings. The van der Waals surface area contributed by atoms with Gasteiger partial charge in [0.05, 0.1) is 13.0 Å². The summed E-state index contributed by atoms with van der Waals surface area (Å²) in [6, 6.07) is 5.09. The molecule has 0 N–H and O–H groups in total. The van der Waals surface area contributed by atoms with Crippen LogP contribution in [0, 0.1) is 0 Å². The lowest BCUT2D eigenvalue weighted by molar-refractivity contribution is -0.211. The second-order valence-electron chi connectivity index (χ2n) is 2.77. The number of hydrogen-bond donors (Lipinski definition) is 0. The van der Waals surface area contributed by atoms with Crippen molar-refractivity contribution in [3.63, 3.8) is 0 Å². The van der Waals surface area contributed by atoms with E-state index in [-0.39, 0.29) is 5.88 Å². The summed E-state index contributed by atoms with van der Waals surface area (Å²) in [5.41, 5.74) is 0.721. The Labute approximate surface area is 92.6 Å². The topological polar surface area (TPSA) is 44.8 Å². The van der Waals surface area contributed by atoms with E-state index in [1.807, 2.05) is 0 Å². The largest absolute Gasteiger partial charge is 0.497 e. The lowest BCUT2D eigenvalue weighted by Crippen LogP contribution is -2.04. The van der Waals surface area contributed by atoms with Gasteiger partial charge < -0.3 is 4.74 Å². The van der Waals surface area contributed by atoms with Crippen molar-refractivity contribution in [3.05, 3.63) is 23.8 Å². The lowest BCUT2D eigenvalue weighted by Gasteiger charge is -2.08. The average molecular weight is 231 g/mol. The van der Waals surface area contributed by atoms with E-state index in [1.54, 1.807) is 18.2 Å². The molecule has 0 atom stereocenters. The van der Waals surface area contributed by atoms with Crippen LogP contribution >= 0.6 is 11.6 Å². The van der Waals surface area contributed by atoms with Gasteiger partial charge in [-0.05, 0) is 6.07 Å². The third-order valence-corrected chi connectivity index (χ3v) is 1.96. The molecule has 0 bridgehead atoms. The van der Waals surface area contributed by atoms with Crippen LogP contribution in [0.15, 0.2) is 18.2 Å². The molecule has 1 rings (SSSR count). The number of ether oxygens (including phenoxy) is 1. The average Bonchev–Trinajstić information content (AvgIpc) is 2.25. The van der Waals surface area contributed by atoms with Gasteiger partial charge in [-0.15, -0.1) is 11.6 Å². The van der Waals surface area contributed by atoms with Crippen LogP contribution < -0.4 is 9.62 Å². The normalized spacial score (nSPS) is 9.53. The first-order valence-corrected chi connectivity index (χ1v) is 4.78. The molecule has 0 unspecified atom stereocenters. The van der Waals surface area contributed by atoms with E-state index >= 15 is 0 Å². The van der Waals surface area contributed by atoms with Crippen molar-refractivity contribution < 1.29 is 19.3 Å². The second-order valence-corrected chi connectivity index (χ2v) is 3.03. The fourth-order valence-electron chi connectivity index (χ4n) is 0.953. The fraction of sp³-hybridized carbons (Fsp3) is 0.300. The number of alkyl halides is 1. The van der Waals surface area contributed by atoms with Gasteiger partial charge in [0, 0.05) is 18.6 Å². The van der Waals surface area contributed by atoms with Crippen molar-refractivity contribution in [1.29, 1.82) is 0 Å². The Morgan fingerprint density at radius 1 is 1.47 bits per heavy atom. The molecule has 82 valence electrons. The first-order valence-electron chi connectivity index (χ1n) is 4.25. The van der Waals surface area contributed by atoms with E-state index in [2.05, 4.69) is 4.89 Å². The van der Waals surface area contributed by atoms with Gasteiger partial charge >= 0.3 is 5.97 Å². The second kappa shape index (κ2) is 5.46. The van der Waals surface area contributed by atoms with Crippen LogP contribution in [0.3, 0.4) is 0 Å². The highest BCUT2D eigenvalue weighted by atomic mass is 35.5. The SMILES string of the molecule is COc1ccc(CCl)c(OOC(C)=O)c1. The van der Waals surface area contributed by atoms with Gasteiger partial charge in [0.25, 0.3) is 0 Å². The third kappa shape index (κ3) is 3.32. The number of carbonyl (C=O) groups excluding carboxylic acids is 1. The third-order valence-electron chi connectivity index (χ3n) is 1.67. The van der Waals surface area contributed by atoms with Crippen molar-refractivity contribution in [2.75, 3.05) is 7.11 Å². The summed E-state index contributed by atoms with van der Waals surface area (Å²) in [4.78, 5) is 19.8. The highest BCUT2D eigenvalue weighted by Crippen LogP contribution is 2.26. The zero-order chi connectivity index (χ0) is 11.3. The lowest BCUT2D eigenvalue weighted by atomic mass is 10.2. The summed E-state index contributed by atoms with van der Waals surface area (Å²) in [7, 11) is 1.53. The molecular weight excluding hydrogens is 220 g/mol. The monoisotopic (exact) mass is 230 g/mol. The van der Waals surface area contributed by atoms with Crippen molar-refractivity contribution in [3.8, 4) is 11.5 Å². The van der Waals surface area contributed by atoms with Gasteiger partial charge in [-0.1, -0.05) is 6.07 Å². The standard InChI is InChI=1S/C10H11ClO4/c1-7(12)14-15-10-5-9(13-2)4-3-8(10)6-11/h3-5H,6H2,1-2H3. The van der Waals surface area contributed by atoms with Crippen LogP contribution in [0.1, 0.15) is 12.5 Å². The van der Waals surface area contributed by atoms with Crippen molar-refractivity contribution in [2.24, 2.45) is 0 Å². The van der Waals surface area contributed by atoms with Gasteiger partial charge in [0.15, 0.2) is 5.75 Å². The van der Waals surface area contributed by atoms with Crippen molar-refractivity contribution >= 4 is 17.6 Å². The number of rotatable bonds is 4. The molecule has 0 heterocycles. The van der Waals surface area contributed by atoms with E-state index in [4.69, 9.17) is 21.2 Å². The van der Waals surface area contributed by atoms with Gasteiger partial charge in [0.1, 0.15) is 5.75 Å². The van der Waals surface area contributed by atoms with Crippen LogP contribution in [0.2, 0.25) is 0 Å². The van der Waals surface area contributed by atoms with E-state index < -0.39 is 5.97 Å². The van der Waals surface area contributed by atoms with Crippen LogP contribution in [0.4, 0.5) is 0 Å². The smallest absolute Gasteiger partial charge is 0.352 e. The first kappa shape index (κ1) is 11.7. The van der Waals surface area contributed by atoms with Gasteiger partial charge in [-0.25, -0.2) is 4.79 Å². The summed E-state index contributed by atoms with van der Waals surface area (Å²) in [6.45, 7) is 1.25. The minimum Gasteiger partial charge on any atom is -0.497 e. The number of carbonyl (C=O) groups is 1. The molecule has 4 nitrogen and oxygen atoms in total. The van der Waals surface area contributed by atoms with E-state index in [9.17, 15) is 4.79 Å². The first-order chi connectivity index (χ1) is 7.17. The molecule has 0 aromatic heterocycles. The molecule has 0 aliphatic carbocycles. The Morgan fingerprint density at radius 2 is 2.20 bits per heavy atom. The fourth-order valence-corrected chi connectivity index (χ4v) is 1.17. The molecular formula is C10H11ClO4. The quantitative estimate of drug-likeness (QED) is 0.452. The summed E-state index contributed by atoms with van der Waals surface area (Å²) in [5, 5.41) is 0. The Hall–Kier alpha value is -1.42. The Morgan fingerprint density at radius 3 is 2.73 bits per heavy atom. The maximum atomic E-state index is 10.6. The molecule has 0 aliphatic heterocycles. The molecule has 0 saturated heterocycles. The zero-order valence-corrected chi connectivity index (χ0v) is 9.21. The molecule has 0 saturated carbocycles. The number of methoxy groups -OCH3 is 1. The van der Waals surface area contributed by atoms with Crippen LogP contribution in [0.25, 0.3) is 0 Å². The highest BCUT2D eigenvalue weighted by Gasteiger charge is 2.07. The maximum Gasteiger partial charge on any atom is 0.352 e. The summed E-state index contributed by atoms with van der Waals surface area (Å²) in [5.74, 6) is 0.713. The van der Waals surface area contributed by atoms with E-state index in [0.29, 0.717) is 11.5 Å². The van der Waals surface area contributed by atoms with Gasteiger partial charge in [-0.3, -0.25) is 9.78 Å². The predicted octanol–water partition coefficient (Wildman–Crippen LogP) is 2.29. The van der Waals surface area contributed by atoms with Crippen molar-refractivity contribution in [2.45, 2.75) is 12.8 Å². The van der Waals surface area contributed by atoms with E-state index in [0.717, 1.165) is 5.56 Å². The molecule has 0 fully saturated rings. The summed E-state index contributed by atoms with van der Waals surface area (Å²) >= 11 is 5.68. The molecule has 0 spiro atoms. The molecule has 1 aromatic carbocycles. The Balaban J connectivity index is 2.85. The van der Waals surface area contributed by atoms with Crippen LogP contribution in [0.5, 0.6) is 11.5 Å². The molecule has 0 radical (unpaired) electrons. The summed E-state index contributed by atoms with van der Waals surface area (Å²) < 4.78 is 5.00. The maximum absolute atomic E-state index is 10.6. The summed E-state index contributed by atoms with van der Waals surface area (Å²) in [6.07, 6.45) is 0. The molecule has 15 heavy (non-hydrogen) atoms. The van der Waals surface area contributed by atoms with Crippen LogP contribution in [-0.2, 0) is 15.6 Å². The van der Waals surface area contributed by atoms with Crippen LogP contribution in [-0.4, -0.2) is 13.1 Å². The molecule has 0 aliphatic rings. The predicted molar refractivity (Wildman–Crippen MR) is 54.9 cm³/mol.